The summed E-state index contributed by atoms with van der Waals surface area (Å²) >= 11 is 6.81. The fourth-order valence-electron chi connectivity index (χ4n) is 4.77. The third-order valence-corrected chi connectivity index (χ3v) is 6.79. The summed E-state index contributed by atoms with van der Waals surface area (Å²) in [5.74, 6) is 1.20. The van der Waals surface area contributed by atoms with Gasteiger partial charge in [-0.25, -0.2) is 4.98 Å². The molecule has 1 fully saturated rings. The summed E-state index contributed by atoms with van der Waals surface area (Å²) in [5, 5.41) is 11.4. The van der Waals surface area contributed by atoms with E-state index in [0.29, 0.717) is 28.1 Å². The number of halogens is 1. The Kier molecular flexibility index (Phi) is 7.29. The van der Waals surface area contributed by atoms with Gasteiger partial charge in [-0.2, -0.15) is 0 Å². The first-order chi connectivity index (χ1) is 16.3. The molecule has 2 aromatic carbocycles. The molecule has 0 saturated carbocycles. The minimum absolute atomic E-state index is 0.0657. The predicted octanol–water partition coefficient (Wildman–Crippen LogP) is 5.57. The molecular formula is C27H31ClN2O4. The van der Waals surface area contributed by atoms with Crippen LogP contribution in [0.1, 0.15) is 50.7 Å². The maximum atomic E-state index is 11.8. The highest BCUT2D eigenvalue weighted by molar-refractivity contribution is 6.37. The molecule has 34 heavy (non-hydrogen) atoms. The Bertz CT molecular complexity index is 1200. The van der Waals surface area contributed by atoms with E-state index in [1.54, 1.807) is 14.0 Å². The summed E-state index contributed by atoms with van der Waals surface area (Å²) in [6, 6.07) is 12.0. The summed E-state index contributed by atoms with van der Waals surface area (Å²) < 4.78 is 11.4. The molecule has 0 unspecified atom stereocenters. The minimum Gasteiger partial charge on any atom is -0.484 e. The van der Waals surface area contributed by atoms with Crippen molar-refractivity contribution in [2.45, 2.75) is 52.2 Å². The minimum atomic E-state index is -0.0866. The number of benzene rings is 2. The van der Waals surface area contributed by atoms with Crippen LogP contribution in [-0.2, 0) is 11.4 Å². The lowest BCUT2D eigenvalue weighted by Crippen LogP contribution is -2.36. The summed E-state index contributed by atoms with van der Waals surface area (Å²) in [6.07, 6.45) is 1.69. The maximum Gasteiger partial charge on any atom is 0.258 e. The number of nitrogens with zero attached hydrogens (tertiary/aromatic N) is 2. The number of aliphatic hydroxyl groups excluding tert-OH is 1. The topological polar surface area (TPSA) is 71.9 Å². The van der Waals surface area contributed by atoms with E-state index >= 15 is 0 Å². The first-order valence-corrected chi connectivity index (χ1v) is 12.0. The molecule has 1 aliphatic rings. The third kappa shape index (κ3) is 4.70. The Balaban J connectivity index is 1.82. The van der Waals surface area contributed by atoms with Crippen molar-refractivity contribution in [2.75, 3.05) is 20.2 Å². The number of ether oxygens (including phenoxy) is 2. The van der Waals surface area contributed by atoms with Crippen LogP contribution >= 0.6 is 11.6 Å². The molecule has 2 heterocycles. The van der Waals surface area contributed by atoms with E-state index in [1.165, 1.54) is 5.56 Å². The number of hydrogen-bond donors (Lipinski definition) is 1. The molecule has 1 amide bonds. The Labute approximate surface area is 205 Å². The van der Waals surface area contributed by atoms with Gasteiger partial charge >= 0.3 is 0 Å². The molecule has 0 atom stereocenters. The first kappa shape index (κ1) is 24.3. The van der Waals surface area contributed by atoms with Crippen molar-refractivity contribution in [1.29, 1.82) is 0 Å². The summed E-state index contributed by atoms with van der Waals surface area (Å²) in [5.41, 5.74) is 4.74. The van der Waals surface area contributed by atoms with Crippen molar-refractivity contribution < 1.29 is 19.4 Å². The van der Waals surface area contributed by atoms with Crippen LogP contribution in [0.5, 0.6) is 11.6 Å². The molecule has 4 rings (SSSR count). The van der Waals surface area contributed by atoms with Gasteiger partial charge in [-0.1, -0.05) is 35.9 Å². The highest BCUT2D eigenvalue weighted by atomic mass is 35.5. The highest BCUT2D eigenvalue weighted by Crippen LogP contribution is 2.43. The Morgan fingerprint density at radius 2 is 1.97 bits per heavy atom. The Morgan fingerprint density at radius 1 is 1.24 bits per heavy atom. The molecule has 0 radical (unpaired) electrons. The quantitative estimate of drug-likeness (QED) is 0.497. The number of pyridine rings is 1. The normalized spacial score (nSPS) is 14.6. The van der Waals surface area contributed by atoms with Crippen molar-refractivity contribution in [3.8, 4) is 22.8 Å². The molecule has 1 saturated heterocycles. The molecule has 1 aromatic heterocycles. The zero-order chi connectivity index (χ0) is 24.4. The number of likely N-dealkylation sites (tertiary alicyclic amines) is 1. The second-order valence-corrected chi connectivity index (χ2v) is 9.36. The van der Waals surface area contributed by atoms with E-state index in [4.69, 9.17) is 21.1 Å². The largest absolute Gasteiger partial charge is 0.484 e. The molecule has 7 heteroatoms. The molecule has 0 aliphatic carbocycles. The van der Waals surface area contributed by atoms with Crippen LogP contribution in [-0.4, -0.2) is 47.2 Å². The van der Waals surface area contributed by atoms with Gasteiger partial charge < -0.3 is 19.5 Å². The molecule has 3 aromatic rings. The second-order valence-electron chi connectivity index (χ2n) is 8.98. The molecule has 0 spiro atoms. The van der Waals surface area contributed by atoms with E-state index in [1.807, 2.05) is 49.1 Å². The lowest BCUT2D eigenvalue weighted by Gasteiger charge is -2.33. The van der Waals surface area contributed by atoms with Gasteiger partial charge in [0.25, 0.3) is 5.88 Å². The van der Waals surface area contributed by atoms with Crippen molar-refractivity contribution in [2.24, 2.45) is 0 Å². The predicted molar refractivity (Wildman–Crippen MR) is 135 cm³/mol. The third-order valence-electron chi connectivity index (χ3n) is 6.42. The van der Waals surface area contributed by atoms with E-state index in [-0.39, 0.29) is 18.6 Å². The summed E-state index contributed by atoms with van der Waals surface area (Å²) in [4.78, 5) is 18.3. The zero-order valence-electron chi connectivity index (χ0n) is 20.1. The number of carbonyl (C=O) groups is 1. The number of piperidine rings is 1. The van der Waals surface area contributed by atoms with Crippen LogP contribution in [0.3, 0.4) is 0 Å². The molecular weight excluding hydrogens is 452 g/mol. The number of aromatic nitrogens is 1. The van der Waals surface area contributed by atoms with E-state index in [0.717, 1.165) is 48.0 Å². The van der Waals surface area contributed by atoms with Crippen LogP contribution in [0.4, 0.5) is 0 Å². The van der Waals surface area contributed by atoms with Gasteiger partial charge in [0.1, 0.15) is 0 Å². The summed E-state index contributed by atoms with van der Waals surface area (Å²) in [7, 11) is 1.55. The van der Waals surface area contributed by atoms with Gasteiger partial charge in [-0.05, 0) is 67.0 Å². The van der Waals surface area contributed by atoms with Gasteiger partial charge in [0.2, 0.25) is 11.7 Å². The number of amides is 1. The SMILES string of the molecule is COc1nc2ccc(-c3c(CO)cccc3C3CCN(C(C)=O)CC3)cc2c(Cl)c1OC(C)C. The maximum absolute atomic E-state index is 11.8. The second kappa shape index (κ2) is 10.2. The van der Waals surface area contributed by atoms with Crippen molar-refractivity contribution >= 4 is 28.4 Å². The number of fused-ring (bicyclic) bond motifs is 1. The Hall–Kier alpha value is -2.83. The number of aliphatic hydroxyl groups is 1. The van der Waals surface area contributed by atoms with Gasteiger partial charge in [-0.15, -0.1) is 0 Å². The van der Waals surface area contributed by atoms with Crippen molar-refractivity contribution in [3.63, 3.8) is 0 Å². The number of methoxy groups -OCH3 is 1. The number of carbonyl (C=O) groups excluding carboxylic acids is 1. The zero-order valence-corrected chi connectivity index (χ0v) is 20.9. The molecule has 180 valence electrons. The Morgan fingerprint density at radius 3 is 2.59 bits per heavy atom. The lowest BCUT2D eigenvalue weighted by molar-refractivity contribution is -0.129. The highest BCUT2D eigenvalue weighted by Gasteiger charge is 2.26. The van der Waals surface area contributed by atoms with Crippen LogP contribution in [0.2, 0.25) is 5.02 Å². The van der Waals surface area contributed by atoms with Crippen LogP contribution in [0, 0.1) is 0 Å². The van der Waals surface area contributed by atoms with E-state index in [2.05, 4.69) is 11.1 Å². The molecule has 0 bridgehead atoms. The van der Waals surface area contributed by atoms with Gasteiger partial charge in [0, 0.05) is 25.4 Å². The smallest absolute Gasteiger partial charge is 0.258 e. The van der Waals surface area contributed by atoms with Gasteiger partial charge in [-0.3, -0.25) is 4.79 Å². The first-order valence-electron chi connectivity index (χ1n) is 11.7. The number of hydrogen-bond acceptors (Lipinski definition) is 5. The van der Waals surface area contributed by atoms with Crippen molar-refractivity contribution in [1.82, 2.24) is 9.88 Å². The van der Waals surface area contributed by atoms with Crippen LogP contribution in [0.25, 0.3) is 22.0 Å². The van der Waals surface area contributed by atoms with Crippen LogP contribution < -0.4 is 9.47 Å². The van der Waals surface area contributed by atoms with E-state index < -0.39 is 0 Å². The fourth-order valence-corrected chi connectivity index (χ4v) is 5.04. The van der Waals surface area contributed by atoms with Gasteiger partial charge in [0.15, 0.2) is 0 Å². The van der Waals surface area contributed by atoms with Crippen molar-refractivity contribution in [3.05, 3.63) is 52.5 Å². The van der Waals surface area contributed by atoms with Gasteiger partial charge in [0.05, 0.1) is 30.4 Å². The van der Waals surface area contributed by atoms with Crippen LogP contribution in [0.15, 0.2) is 36.4 Å². The van der Waals surface area contributed by atoms with E-state index in [9.17, 15) is 9.90 Å². The molecule has 1 N–H and O–H groups in total. The average Bonchev–Trinajstić information content (AvgIpc) is 2.84. The molecule has 6 nitrogen and oxygen atoms in total. The summed E-state index contributed by atoms with van der Waals surface area (Å²) in [6.45, 7) is 6.90. The fraction of sp³-hybridized carbons (Fsp3) is 0.407. The standard InChI is InChI=1S/C27H31ClN2O4/c1-16(2)34-26-25(28)22-14-19(8-9-23(22)29-27(26)33-4)24-20(15-31)6-5-7-21(24)18-10-12-30(13-11-18)17(3)32/h5-9,14,16,18,31H,10-13,15H2,1-4H3. The lowest BCUT2D eigenvalue weighted by atomic mass is 9.82. The average molecular weight is 483 g/mol. The monoisotopic (exact) mass is 482 g/mol. The number of rotatable bonds is 6. The molecule has 1 aliphatic heterocycles.